The maximum atomic E-state index is 2.56. The van der Waals surface area contributed by atoms with E-state index in [-0.39, 0.29) is 17.0 Å². The molecule has 0 aliphatic carbocycles. The molecule has 1 heterocycles. The third-order valence-electron chi connectivity index (χ3n) is 11.3. The second-order valence-electron chi connectivity index (χ2n) is 15.8. The van der Waals surface area contributed by atoms with Gasteiger partial charge in [0.2, 0.25) is 0 Å². The molecule has 49 heavy (non-hydrogen) atoms. The van der Waals surface area contributed by atoms with Gasteiger partial charge in [-0.25, -0.2) is 0 Å². The lowest BCUT2D eigenvalue weighted by Gasteiger charge is -2.44. The van der Waals surface area contributed by atoms with Gasteiger partial charge in [-0.1, -0.05) is 154 Å². The number of anilines is 2. The molecule has 2 aromatic rings. The van der Waals surface area contributed by atoms with E-state index >= 15 is 0 Å². The molecule has 3 nitrogen and oxygen atoms in total. The van der Waals surface area contributed by atoms with Crippen LogP contribution in [0.4, 0.5) is 22.7 Å². The number of nitrogens with zero attached hydrogens (tertiary/aromatic N) is 3. The Morgan fingerprint density at radius 3 is 1.00 bits per heavy atom. The quantitative estimate of drug-likeness (QED) is 0.0633. The van der Waals surface area contributed by atoms with Crippen molar-refractivity contribution in [2.24, 2.45) is 0 Å². The molecule has 3 rings (SSSR count). The first-order chi connectivity index (χ1) is 23.4. The van der Waals surface area contributed by atoms with Gasteiger partial charge in [-0.05, 0) is 37.8 Å². The van der Waals surface area contributed by atoms with Crippen LogP contribution in [0.25, 0.3) is 0 Å². The van der Waals surface area contributed by atoms with Gasteiger partial charge in [0, 0.05) is 69.2 Å². The van der Waals surface area contributed by atoms with Crippen molar-refractivity contribution in [3.05, 3.63) is 47.5 Å². The lowest BCUT2D eigenvalue weighted by atomic mass is 9.90. The fraction of sp³-hybridized carbons (Fsp3) is 0.733. The Balaban J connectivity index is 0.00000833. The van der Waals surface area contributed by atoms with E-state index in [1.54, 1.807) is 22.5 Å². The molecule has 0 amide bonds. The van der Waals surface area contributed by atoms with E-state index in [4.69, 9.17) is 0 Å². The Kier molecular flexibility index (Phi) is 22.7. The summed E-state index contributed by atoms with van der Waals surface area (Å²) >= 11 is 0. The minimum Gasteiger partial charge on any atom is -1.00 e. The van der Waals surface area contributed by atoms with Crippen molar-refractivity contribution in [3.63, 3.8) is 0 Å². The highest BCUT2D eigenvalue weighted by Crippen LogP contribution is 2.48. The Labute approximate surface area is 316 Å². The highest BCUT2D eigenvalue weighted by Gasteiger charge is 2.40. The van der Waals surface area contributed by atoms with E-state index in [0.29, 0.717) is 0 Å². The average molecular weight is 741 g/mol. The van der Waals surface area contributed by atoms with Crippen molar-refractivity contribution < 1.29 is 17.0 Å². The summed E-state index contributed by atoms with van der Waals surface area (Å²) in [6.45, 7) is 7.08. The second kappa shape index (κ2) is 25.4. The summed E-state index contributed by atoms with van der Waals surface area (Å²) in [4.78, 5) is 4.60. The first kappa shape index (κ1) is 43.6. The van der Waals surface area contributed by atoms with Crippen LogP contribution in [0.2, 0.25) is 0 Å². The highest BCUT2D eigenvalue weighted by molar-refractivity contribution is 5.76. The number of benzene rings is 2. The van der Waals surface area contributed by atoms with E-state index in [2.05, 4.69) is 88.2 Å². The molecule has 0 spiro atoms. The van der Waals surface area contributed by atoms with E-state index in [1.165, 1.54) is 179 Å². The van der Waals surface area contributed by atoms with Crippen molar-refractivity contribution in [2.75, 3.05) is 51.1 Å². The van der Waals surface area contributed by atoms with Gasteiger partial charge < -0.3 is 26.8 Å². The van der Waals surface area contributed by atoms with Gasteiger partial charge in [0.25, 0.3) is 0 Å². The largest absolute Gasteiger partial charge is 1.00 e. The van der Waals surface area contributed by atoms with Crippen LogP contribution in [0.5, 0.6) is 0 Å². The summed E-state index contributed by atoms with van der Waals surface area (Å²) in [6.07, 6.45) is 34.8. The zero-order valence-electron chi connectivity index (χ0n) is 33.3. The number of hydrogen-bond donors (Lipinski definition) is 0. The zero-order valence-corrected chi connectivity index (χ0v) is 34.9. The van der Waals surface area contributed by atoms with Crippen LogP contribution >= 0.6 is 0 Å². The van der Waals surface area contributed by atoms with Gasteiger partial charge in [-0.3, -0.25) is 4.48 Å². The molecule has 1 aliphatic rings. The van der Waals surface area contributed by atoms with Gasteiger partial charge in [-0.15, -0.1) is 0 Å². The summed E-state index contributed by atoms with van der Waals surface area (Å²) in [7, 11) is 8.81. The molecule has 0 saturated heterocycles. The molecule has 4 heteroatoms. The number of unbranched alkanes of at least 4 members (excludes halogenated alkanes) is 22. The van der Waals surface area contributed by atoms with Gasteiger partial charge in [0.05, 0.1) is 13.1 Å². The Bertz CT molecular complexity index is 1070. The van der Waals surface area contributed by atoms with Crippen molar-refractivity contribution >= 4 is 22.7 Å². The maximum absolute atomic E-state index is 2.56. The van der Waals surface area contributed by atoms with Gasteiger partial charge in [-0.2, -0.15) is 0 Å². The van der Waals surface area contributed by atoms with Crippen LogP contribution < -0.4 is 31.3 Å². The first-order valence-electron chi connectivity index (χ1n) is 20.9. The van der Waals surface area contributed by atoms with E-state index < -0.39 is 0 Å². The Hall–Kier alpha value is -1.52. The van der Waals surface area contributed by atoms with Crippen molar-refractivity contribution in [1.29, 1.82) is 0 Å². The van der Waals surface area contributed by atoms with Gasteiger partial charge >= 0.3 is 0 Å². The Morgan fingerprint density at radius 2 is 0.714 bits per heavy atom. The zero-order chi connectivity index (χ0) is 34.5. The monoisotopic (exact) mass is 740 g/mol. The van der Waals surface area contributed by atoms with Crippen LogP contribution in [0.1, 0.15) is 179 Å². The molecular formula is C45H78BrN3. The fourth-order valence-electron chi connectivity index (χ4n) is 8.13. The minimum absolute atomic E-state index is 0. The van der Waals surface area contributed by atoms with Crippen LogP contribution in [-0.4, -0.2) is 41.3 Å². The highest BCUT2D eigenvalue weighted by atomic mass is 79.9. The molecule has 0 bridgehead atoms. The maximum Gasteiger partial charge on any atom is 0.143 e. The fourth-order valence-corrected chi connectivity index (χ4v) is 8.13. The number of fused-ring (bicyclic) bond motifs is 2. The number of hydrogen-bond acceptors (Lipinski definition) is 2. The smallest absolute Gasteiger partial charge is 0.143 e. The van der Waals surface area contributed by atoms with Crippen molar-refractivity contribution in [2.45, 2.75) is 174 Å². The SMILES string of the molecule is CCCCCCCCCCCCCCCC[N+]1(CCCCCCCCCCCC)c2cc(N(C)C)ccc2Cc2ccc(N(C)C)cc21.[Br-]. The van der Waals surface area contributed by atoms with Crippen LogP contribution in [0, 0.1) is 0 Å². The normalized spacial score (nSPS) is 13.1. The van der Waals surface area contributed by atoms with E-state index in [9.17, 15) is 0 Å². The number of quaternary nitrogens is 1. The summed E-state index contributed by atoms with van der Waals surface area (Å²) in [5, 5.41) is 0. The van der Waals surface area contributed by atoms with E-state index in [1.807, 2.05) is 0 Å². The Morgan fingerprint density at radius 1 is 0.429 bits per heavy atom. The molecular weight excluding hydrogens is 662 g/mol. The molecule has 1 aliphatic heterocycles. The average Bonchev–Trinajstić information content (AvgIpc) is 3.08. The topological polar surface area (TPSA) is 6.48 Å². The third-order valence-corrected chi connectivity index (χ3v) is 11.3. The molecule has 280 valence electrons. The van der Waals surface area contributed by atoms with Gasteiger partial charge in [0.15, 0.2) is 0 Å². The molecule has 0 unspecified atom stereocenters. The molecule has 0 fully saturated rings. The van der Waals surface area contributed by atoms with Crippen LogP contribution in [-0.2, 0) is 6.42 Å². The summed E-state index contributed by atoms with van der Waals surface area (Å²) < 4.78 is 1.04. The molecule has 0 saturated carbocycles. The molecule has 0 radical (unpaired) electrons. The molecule has 0 atom stereocenters. The summed E-state index contributed by atoms with van der Waals surface area (Å²) in [5.41, 5.74) is 8.93. The van der Waals surface area contributed by atoms with Crippen LogP contribution in [0.15, 0.2) is 36.4 Å². The van der Waals surface area contributed by atoms with Crippen molar-refractivity contribution in [1.82, 2.24) is 4.48 Å². The first-order valence-corrected chi connectivity index (χ1v) is 20.9. The predicted molar refractivity (Wildman–Crippen MR) is 218 cm³/mol. The third kappa shape index (κ3) is 14.9. The van der Waals surface area contributed by atoms with Crippen LogP contribution in [0.3, 0.4) is 0 Å². The van der Waals surface area contributed by atoms with Gasteiger partial charge in [0.1, 0.15) is 11.4 Å². The second-order valence-corrected chi connectivity index (χ2v) is 15.8. The van der Waals surface area contributed by atoms with E-state index in [0.717, 1.165) is 10.9 Å². The van der Waals surface area contributed by atoms with Crippen molar-refractivity contribution in [3.8, 4) is 0 Å². The molecule has 0 N–H and O–H groups in total. The predicted octanol–water partition coefficient (Wildman–Crippen LogP) is 10.8. The molecule has 0 aromatic heterocycles. The lowest BCUT2D eigenvalue weighted by molar-refractivity contribution is -0.0000103. The number of halogens is 1. The standard InChI is InChI=1S/C45H78N3.BrH/c1-7-9-11-13-15-17-19-20-21-22-24-26-28-30-36-48(35-29-27-25-23-18-16-14-12-10-8-2)44-38-42(46(3)4)33-31-40(44)37-41-32-34-43(47(5)6)39-45(41)48;/h31-34,38-39H,7-30,35-37H2,1-6H3;1H/q+1;/p-1. The summed E-state index contributed by atoms with van der Waals surface area (Å²) in [6, 6.07) is 14.7. The molecule has 2 aromatic carbocycles. The lowest BCUT2D eigenvalue weighted by Crippen LogP contribution is -3.00. The number of rotatable bonds is 28. The minimum atomic E-state index is 0. The summed E-state index contributed by atoms with van der Waals surface area (Å²) in [5.74, 6) is 0.